The van der Waals surface area contributed by atoms with Crippen molar-refractivity contribution < 1.29 is 30.8 Å². The third kappa shape index (κ3) is 3.48. The number of phenolic OH excluding ortho intramolecular Hbond substituents is 1. The van der Waals surface area contributed by atoms with Crippen LogP contribution in [0.3, 0.4) is 0 Å². The molecule has 1 saturated carbocycles. The lowest BCUT2D eigenvalue weighted by molar-refractivity contribution is -0.0277. The van der Waals surface area contributed by atoms with Crippen LogP contribution in [0.1, 0.15) is 63.9 Å². The maximum absolute atomic E-state index is 11.8. The average Bonchev–Trinajstić information content (AvgIpc) is 2.68. The number of phenols is 1. The maximum Gasteiger partial charge on any atom is 0.115 e. The monoisotopic (exact) mass is 278 g/mol. The van der Waals surface area contributed by atoms with Crippen molar-refractivity contribution in [3.8, 4) is 5.75 Å². The summed E-state index contributed by atoms with van der Waals surface area (Å²) in [6, 6.07) is -0.647. The van der Waals surface area contributed by atoms with E-state index in [1.807, 2.05) is 0 Å². The Balaban J connectivity index is 3.24. The van der Waals surface area contributed by atoms with Gasteiger partial charge >= 0.3 is 0 Å². The second-order valence-electron chi connectivity index (χ2n) is 4.10. The number of hydrogen-bond acceptors (Lipinski definition) is 3. The molecular formula is C16H25NO2. The number of nitrogens with zero attached hydrogens (tertiary/aromatic N) is 1. The number of aromatic hydroxyl groups is 1. The zero-order valence-electron chi connectivity index (χ0n) is 25.5. The van der Waals surface area contributed by atoms with Crippen molar-refractivity contribution in [2.45, 2.75) is 43.4 Å². The molecule has 0 aliphatic heterocycles. The number of aliphatic hydroxyl groups is 1. The molecule has 0 spiro atoms. The molecule has 19 heavy (non-hydrogen) atoms. The molecule has 0 saturated heterocycles. The van der Waals surface area contributed by atoms with Crippen molar-refractivity contribution >= 4 is 0 Å². The molecule has 1 aliphatic carbocycles. The first-order valence-electron chi connectivity index (χ1n) is 13.0. The standard InChI is InChI=1S/C16H25NO2/c1-17(2)12-15(13-6-8-14(18)9-7-13)16(19)10-4-3-5-11-16/h6-9,15,18-19H,3-5,10-12H2,1-2H3/i3D2,4D2,5D2,8D,9D,10D2,11D2,12D2,15D. The molecule has 3 nitrogen and oxygen atoms in total. The topological polar surface area (TPSA) is 43.7 Å². The van der Waals surface area contributed by atoms with E-state index < -0.39 is 73.3 Å². The van der Waals surface area contributed by atoms with Gasteiger partial charge in [0.2, 0.25) is 0 Å². The van der Waals surface area contributed by atoms with Crippen molar-refractivity contribution in [3.63, 3.8) is 0 Å². The Kier molecular flexibility index (Phi) is 1.39. The van der Waals surface area contributed by atoms with Crippen LogP contribution in [-0.4, -0.2) is 41.3 Å². The fraction of sp³-hybridized carbons (Fsp3) is 0.625. The summed E-state index contributed by atoms with van der Waals surface area (Å²) in [5.74, 6) is -4.67. The third-order valence-corrected chi connectivity index (χ3v) is 2.33. The van der Waals surface area contributed by atoms with E-state index in [-0.39, 0.29) is 0 Å². The van der Waals surface area contributed by atoms with Crippen LogP contribution >= 0.6 is 0 Å². The summed E-state index contributed by atoms with van der Waals surface area (Å²) in [5.41, 5.74) is -5.27. The summed E-state index contributed by atoms with van der Waals surface area (Å²) >= 11 is 0. The smallest absolute Gasteiger partial charge is 0.115 e. The van der Waals surface area contributed by atoms with Crippen molar-refractivity contribution in [2.24, 2.45) is 0 Å². The van der Waals surface area contributed by atoms with E-state index in [9.17, 15) is 10.2 Å². The molecule has 1 unspecified atom stereocenters. The van der Waals surface area contributed by atoms with E-state index >= 15 is 0 Å². The molecule has 0 amide bonds. The van der Waals surface area contributed by atoms with Crippen LogP contribution in [0, 0.1) is 0 Å². The van der Waals surface area contributed by atoms with Gasteiger partial charge in [0.25, 0.3) is 0 Å². The van der Waals surface area contributed by atoms with E-state index in [4.69, 9.17) is 20.6 Å². The Morgan fingerprint density at radius 2 is 2.00 bits per heavy atom. The average molecular weight is 278 g/mol. The summed E-state index contributed by atoms with van der Waals surface area (Å²) < 4.78 is 124. The first kappa shape index (κ1) is 4.47. The second kappa shape index (κ2) is 5.93. The van der Waals surface area contributed by atoms with Crippen LogP contribution in [0.2, 0.25) is 0 Å². The van der Waals surface area contributed by atoms with Gasteiger partial charge in [-0.2, -0.15) is 0 Å². The van der Waals surface area contributed by atoms with Crippen LogP contribution < -0.4 is 0 Å². The molecule has 0 heterocycles. The van der Waals surface area contributed by atoms with E-state index in [2.05, 4.69) is 0 Å². The highest BCUT2D eigenvalue weighted by Gasteiger charge is 2.38. The van der Waals surface area contributed by atoms with Gasteiger partial charge in [-0.05, 0) is 44.5 Å². The fourth-order valence-electron chi connectivity index (χ4n) is 1.53. The quantitative estimate of drug-likeness (QED) is 0.890. The van der Waals surface area contributed by atoms with E-state index in [0.717, 1.165) is 14.1 Å². The molecule has 1 fully saturated rings. The second-order valence-corrected chi connectivity index (χ2v) is 4.10. The SMILES string of the molecule is [2H]c1cc(C([2H])(C([2H])([2H])N(C)C)C2(O)C([2H])([2H])C([2H])([2H])C([2H])([2H])C([2H])([2H])C2([2H])[2H])cc([2H])c1O. The highest BCUT2D eigenvalue weighted by Crippen LogP contribution is 2.40. The Morgan fingerprint density at radius 3 is 2.53 bits per heavy atom. The lowest BCUT2D eigenvalue weighted by Crippen LogP contribution is -2.42. The summed E-state index contributed by atoms with van der Waals surface area (Å²) in [6.45, 7) is -3.35. The Labute approximate surface area is 136 Å². The van der Waals surface area contributed by atoms with Crippen LogP contribution in [0.5, 0.6) is 5.75 Å². The predicted molar refractivity (Wildman–Crippen MR) is 77.4 cm³/mol. The lowest BCUT2D eigenvalue weighted by atomic mass is 9.72. The van der Waals surface area contributed by atoms with Crippen molar-refractivity contribution in [2.75, 3.05) is 20.6 Å². The molecule has 3 heteroatoms. The molecule has 0 bridgehead atoms. The number of hydrogen-bond donors (Lipinski definition) is 2. The van der Waals surface area contributed by atoms with Crippen LogP contribution in [0.15, 0.2) is 24.2 Å². The number of rotatable bonds is 4. The summed E-state index contributed by atoms with van der Waals surface area (Å²) in [7, 11) is 2.04. The van der Waals surface area contributed by atoms with Gasteiger partial charge in [-0.1, -0.05) is 31.3 Å². The molecule has 1 aromatic carbocycles. The Hall–Kier alpha value is -1.06. The van der Waals surface area contributed by atoms with Crippen molar-refractivity contribution in [3.05, 3.63) is 29.8 Å². The van der Waals surface area contributed by atoms with E-state index in [1.54, 1.807) is 0 Å². The molecular weight excluding hydrogens is 238 g/mol. The summed E-state index contributed by atoms with van der Waals surface area (Å²) in [4.78, 5) is 0.610. The molecule has 106 valence electrons. The largest absolute Gasteiger partial charge is 0.508 e. The van der Waals surface area contributed by atoms with Gasteiger partial charge in [-0.25, -0.2) is 0 Å². The van der Waals surface area contributed by atoms with Gasteiger partial charge in [-0.3, -0.25) is 0 Å². The number of benzene rings is 1. The van der Waals surface area contributed by atoms with Gasteiger partial charge < -0.3 is 15.1 Å². The minimum Gasteiger partial charge on any atom is -0.508 e. The minimum atomic E-state index is -4.32. The van der Waals surface area contributed by atoms with Crippen LogP contribution in [0.25, 0.3) is 0 Å². The summed E-state index contributed by atoms with van der Waals surface area (Å²) in [5, 5.41) is 21.6. The first-order chi connectivity index (χ1) is 14.8. The van der Waals surface area contributed by atoms with Crippen molar-refractivity contribution in [1.29, 1.82) is 0 Å². The highest BCUT2D eigenvalue weighted by molar-refractivity contribution is 5.30. The highest BCUT2D eigenvalue weighted by atomic mass is 16.3. The normalized spacial score (nSPS) is 47.7. The zero-order valence-corrected chi connectivity index (χ0v) is 10.5. The molecule has 0 aromatic heterocycles. The Morgan fingerprint density at radius 1 is 1.42 bits per heavy atom. The fourth-order valence-corrected chi connectivity index (χ4v) is 1.53. The van der Waals surface area contributed by atoms with Crippen molar-refractivity contribution in [1.82, 2.24) is 4.90 Å². The number of likely N-dealkylation sites (N-methyl/N-ethyl adjacent to an activating group) is 1. The Bertz CT molecular complexity index is 940. The van der Waals surface area contributed by atoms with E-state index in [0.29, 0.717) is 17.0 Å². The predicted octanol–water partition coefficient (Wildman–Crippen LogP) is 2.73. The molecule has 2 rings (SSSR count). The zero-order chi connectivity index (χ0) is 27.3. The van der Waals surface area contributed by atoms with Gasteiger partial charge in [0.05, 0.1) is 8.34 Å². The van der Waals surface area contributed by atoms with Gasteiger partial charge in [0.15, 0.2) is 0 Å². The first-order valence-corrected chi connectivity index (χ1v) is 5.47. The molecule has 1 atom stereocenters. The van der Waals surface area contributed by atoms with Gasteiger partial charge in [0.1, 0.15) is 5.75 Å². The molecule has 0 radical (unpaired) electrons. The molecule has 1 aromatic rings. The third-order valence-electron chi connectivity index (χ3n) is 2.33. The lowest BCUT2D eigenvalue weighted by Gasteiger charge is -2.40. The molecule has 2 N–H and O–H groups in total. The van der Waals surface area contributed by atoms with Crippen LogP contribution in [0.4, 0.5) is 0 Å². The van der Waals surface area contributed by atoms with Gasteiger partial charge in [0, 0.05) is 30.2 Å². The van der Waals surface area contributed by atoms with E-state index in [1.165, 1.54) is 0 Å². The summed E-state index contributed by atoms with van der Waals surface area (Å²) in [6.07, 6.45) is -20.3. The van der Waals surface area contributed by atoms with Gasteiger partial charge in [-0.15, -0.1) is 0 Å². The van der Waals surface area contributed by atoms with Crippen LogP contribution in [-0.2, 0) is 0 Å². The maximum atomic E-state index is 11.8. The minimum absolute atomic E-state index is 0.556. The molecule has 1 aliphatic rings.